The number of oxazole rings is 1. The van der Waals surface area contributed by atoms with Gasteiger partial charge in [-0.25, -0.2) is 4.98 Å². The normalized spacial score (nSPS) is 18.6. The van der Waals surface area contributed by atoms with Crippen LogP contribution < -0.4 is 11.1 Å². The van der Waals surface area contributed by atoms with Crippen LogP contribution >= 0.6 is 0 Å². The molecule has 8 heteroatoms. The predicted octanol–water partition coefficient (Wildman–Crippen LogP) is 1.88. The van der Waals surface area contributed by atoms with Gasteiger partial charge in [0.1, 0.15) is 0 Å². The maximum Gasteiger partial charge on any atom is 0.220 e. The average Bonchev–Trinajstić information content (AvgIpc) is 3.02. The molecule has 0 aliphatic carbocycles. The maximum absolute atomic E-state index is 12.7. The highest BCUT2D eigenvalue weighted by atomic mass is 16.4. The Hall–Kier alpha value is -2.22. The van der Waals surface area contributed by atoms with Crippen molar-refractivity contribution in [2.75, 3.05) is 26.7 Å². The number of aromatic nitrogens is 1. The van der Waals surface area contributed by atoms with Crippen LogP contribution in [-0.4, -0.2) is 54.2 Å². The molecule has 3 N–H and O–H groups in total. The Morgan fingerprint density at radius 3 is 2.62 bits per heavy atom. The zero-order valence-electron chi connectivity index (χ0n) is 18.0. The van der Waals surface area contributed by atoms with E-state index >= 15 is 0 Å². The van der Waals surface area contributed by atoms with Crippen molar-refractivity contribution >= 4 is 17.6 Å². The lowest BCUT2D eigenvalue weighted by Crippen LogP contribution is -2.31. The van der Waals surface area contributed by atoms with E-state index in [-0.39, 0.29) is 48.7 Å². The molecule has 162 valence electrons. The number of amides is 2. The smallest absolute Gasteiger partial charge is 0.220 e. The van der Waals surface area contributed by atoms with Gasteiger partial charge in [-0.05, 0) is 44.7 Å². The molecule has 29 heavy (non-hydrogen) atoms. The molecule has 2 atom stereocenters. The van der Waals surface area contributed by atoms with Gasteiger partial charge in [-0.3, -0.25) is 14.4 Å². The number of Topliss-reactive ketones (excluding diaryl/α,β-unsaturated/α-hetero) is 1. The summed E-state index contributed by atoms with van der Waals surface area (Å²) in [4.78, 5) is 42.6. The third-order valence-corrected chi connectivity index (χ3v) is 5.07. The Bertz CT molecular complexity index is 728. The first-order chi connectivity index (χ1) is 13.7. The summed E-state index contributed by atoms with van der Waals surface area (Å²) >= 11 is 0. The minimum absolute atomic E-state index is 0.140. The number of primary amides is 1. The number of nitrogens with one attached hydrogen (secondary N) is 1. The maximum atomic E-state index is 12.7. The molecule has 2 amide bonds. The zero-order chi connectivity index (χ0) is 21.6. The molecule has 0 bridgehead atoms. The molecule has 2 rings (SSSR count). The summed E-state index contributed by atoms with van der Waals surface area (Å²) in [5, 5.41) is 2.62. The van der Waals surface area contributed by atoms with Gasteiger partial charge in [0.25, 0.3) is 0 Å². The van der Waals surface area contributed by atoms with Gasteiger partial charge in [0.2, 0.25) is 17.6 Å². The van der Waals surface area contributed by atoms with Crippen LogP contribution in [0.15, 0.2) is 4.42 Å². The fraction of sp³-hybridized carbons (Fsp3) is 0.714. The first-order valence-corrected chi connectivity index (χ1v) is 10.4. The summed E-state index contributed by atoms with van der Waals surface area (Å²) in [5.74, 6) is 0.222. The second-order valence-electron chi connectivity index (χ2n) is 8.71. The lowest BCUT2D eigenvalue weighted by molar-refractivity contribution is -0.122. The fourth-order valence-electron chi connectivity index (χ4n) is 3.72. The third kappa shape index (κ3) is 7.27. The van der Waals surface area contributed by atoms with Crippen molar-refractivity contribution in [3.8, 4) is 0 Å². The van der Waals surface area contributed by atoms with Crippen LogP contribution in [-0.2, 0) is 16.0 Å². The van der Waals surface area contributed by atoms with Crippen LogP contribution in [0.3, 0.4) is 0 Å². The molecule has 2 heterocycles. The number of likely N-dealkylation sites (N-methyl/N-ethyl adjacent to an activating group) is 1. The average molecular weight is 407 g/mol. The van der Waals surface area contributed by atoms with Crippen molar-refractivity contribution in [1.29, 1.82) is 0 Å². The van der Waals surface area contributed by atoms with Crippen molar-refractivity contribution in [3.05, 3.63) is 17.3 Å². The van der Waals surface area contributed by atoms with E-state index in [1.54, 1.807) is 6.92 Å². The van der Waals surface area contributed by atoms with Gasteiger partial charge < -0.3 is 20.4 Å². The Balaban J connectivity index is 2.03. The molecular formula is C21H34N4O4. The molecule has 0 saturated carbocycles. The quantitative estimate of drug-likeness (QED) is 0.573. The van der Waals surface area contributed by atoms with E-state index in [9.17, 15) is 14.4 Å². The molecule has 1 aliphatic heterocycles. The highest BCUT2D eigenvalue weighted by Gasteiger charge is 2.28. The first kappa shape index (κ1) is 23.1. The first-order valence-electron chi connectivity index (χ1n) is 10.4. The summed E-state index contributed by atoms with van der Waals surface area (Å²) in [6.07, 6.45) is 3.00. The van der Waals surface area contributed by atoms with E-state index in [0.717, 1.165) is 25.9 Å². The van der Waals surface area contributed by atoms with Crippen LogP contribution in [0.1, 0.15) is 74.5 Å². The number of rotatable bonds is 10. The molecule has 0 spiro atoms. The molecule has 1 aliphatic rings. The van der Waals surface area contributed by atoms with Crippen molar-refractivity contribution in [2.24, 2.45) is 17.6 Å². The fourth-order valence-corrected chi connectivity index (χ4v) is 3.72. The van der Waals surface area contributed by atoms with Gasteiger partial charge in [0, 0.05) is 25.3 Å². The number of piperidine rings is 1. The van der Waals surface area contributed by atoms with E-state index < -0.39 is 5.91 Å². The Labute approximate surface area is 172 Å². The number of likely N-dealkylation sites (tertiary alicyclic amines) is 1. The number of nitrogens with two attached hydrogens (primary N) is 1. The monoisotopic (exact) mass is 406 g/mol. The molecular weight excluding hydrogens is 372 g/mol. The largest absolute Gasteiger partial charge is 0.437 e. The van der Waals surface area contributed by atoms with Gasteiger partial charge >= 0.3 is 0 Å². The number of carbonyl (C=O) groups excluding carboxylic acids is 3. The SMILES string of the molecule is CC(C)Cc1nc(C2CCCN(C)C2)oc1C(=O)CNC(=O)CC(C)CC(N)=O. The van der Waals surface area contributed by atoms with Crippen molar-refractivity contribution < 1.29 is 18.8 Å². The lowest BCUT2D eigenvalue weighted by Gasteiger charge is -2.27. The summed E-state index contributed by atoms with van der Waals surface area (Å²) in [6.45, 7) is 7.69. The highest BCUT2D eigenvalue weighted by molar-refractivity contribution is 5.98. The molecule has 1 fully saturated rings. The topological polar surface area (TPSA) is 119 Å². The summed E-state index contributed by atoms with van der Waals surface area (Å²) in [6, 6.07) is 0. The molecule has 1 aromatic heterocycles. The van der Waals surface area contributed by atoms with E-state index in [1.807, 2.05) is 0 Å². The molecule has 8 nitrogen and oxygen atoms in total. The minimum Gasteiger partial charge on any atom is -0.437 e. The van der Waals surface area contributed by atoms with Crippen LogP contribution in [0.2, 0.25) is 0 Å². The van der Waals surface area contributed by atoms with Gasteiger partial charge in [0.15, 0.2) is 11.7 Å². The van der Waals surface area contributed by atoms with E-state index in [2.05, 4.69) is 36.1 Å². The number of hydrogen-bond donors (Lipinski definition) is 2. The second-order valence-corrected chi connectivity index (χ2v) is 8.71. The number of hydrogen-bond acceptors (Lipinski definition) is 6. The van der Waals surface area contributed by atoms with Crippen LogP contribution in [0.5, 0.6) is 0 Å². The summed E-state index contributed by atoms with van der Waals surface area (Å²) in [7, 11) is 2.07. The minimum atomic E-state index is -0.442. The Kier molecular flexibility index (Phi) is 8.37. The van der Waals surface area contributed by atoms with Crippen molar-refractivity contribution in [3.63, 3.8) is 0 Å². The molecule has 1 saturated heterocycles. The number of carbonyl (C=O) groups is 3. The van der Waals surface area contributed by atoms with Gasteiger partial charge in [-0.1, -0.05) is 20.8 Å². The summed E-state index contributed by atoms with van der Waals surface area (Å²) in [5.41, 5.74) is 5.82. The van der Waals surface area contributed by atoms with Crippen molar-refractivity contribution in [2.45, 2.75) is 58.8 Å². The van der Waals surface area contributed by atoms with Gasteiger partial charge in [-0.2, -0.15) is 0 Å². The van der Waals surface area contributed by atoms with Gasteiger partial charge in [0.05, 0.1) is 12.2 Å². The standard InChI is InChI=1S/C21H34N4O4/c1-13(2)8-16-20(29-21(24-16)15-6-5-7-25(4)12-15)17(26)11-23-19(28)10-14(3)9-18(22)27/h13-15H,5-12H2,1-4H3,(H2,22,27)(H,23,28). The predicted molar refractivity (Wildman–Crippen MR) is 109 cm³/mol. The summed E-state index contributed by atoms with van der Waals surface area (Å²) < 4.78 is 5.93. The van der Waals surface area contributed by atoms with Crippen LogP contribution in [0.25, 0.3) is 0 Å². The van der Waals surface area contributed by atoms with E-state index in [1.165, 1.54) is 0 Å². The Morgan fingerprint density at radius 1 is 1.28 bits per heavy atom. The Morgan fingerprint density at radius 2 is 2.00 bits per heavy atom. The van der Waals surface area contributed by atoms with E-state index in [0.29, 0.717) is 23.9 Å². The molecule has 2 unspecified atom stereocenters. The van der Waals surface area contributed by atoms with Crippen LogP contribution in [0.4, 0.5) is 0 Å². The number of nitrogens with zero attached hydrogens (tertiary/aromatic N) is 2. The van der Waals surface area contributed by atoms with Crippen LogP contribution in [0, 0.1) is 11.8 Å². The molecule has 0 aromatic carbocycles. The number of ketones is 1. The highest BCUT2D eigenvalue weighted by Crippen LogP contribution is 2.28. The third-order valence-electron chi connectivity index (χ3n) is 5.07. The molecule has 0 radical (unpaired) electrons. The second kappa shape index (κ2) is 10.5. The van der Waals surface area contributed by atoms with Gasteiger partial charge in [-0.15, -0.1) is 0 Å². The lowest BCUT2D eigenvalue weighted by atomic mass is 9.98. The molecule has 1 aromatic rings. The van der Waals surface area contributed by atoms with E-state index in [4.69, 9.17) is 10.2 Å². The zero-order valence-corrected chi connectivity index (χ0v) is 18.0. The van der Waals surface area contributed by atoms with Crippen molar-refractivity contribution in [1.82, 2.24) is 15.2 Å².